The summed E-state index contributed by atoms with van der Waals surface area (Å²) in [7, 11) is 0. The number of hydrogen-bond donors (Lipinski definition) is 2. The van der Waals surface area contributed by atoms with E-state index < -0.39 is 107 Å². The van der Waals surface area contributed by atoms with E-state index in [2.05, 4.69) is 52.7 Å². The van der Waals surface area contributed by atoms with Crippen LogP contribution in [0.1, 0.15) is 196 Å². The first-order valence-electron chi connectivity index (χ1n) is 39.3. The fourth-order valence-electron chi connectivity index (χ4n) is 16.2. The molecule has 10 aromatic rings. The van der Waals surface area contributed by atoms with E-state index in [0.29, 0.717) is 64.8 Å². The first-order chi connectivity index (χ1) is 55.6. The summed E-state index contributed by atoms with van der Waals surface area (Å²) in [6.45, 7) is 28.9. The standard InChI is InChI=1S/C29H34F3N5O3.C28H30F5N5O3.C28H30FN7O2/c1-17(2)21-12-22(19-8-6-18(3)7-9-19)34-37-15-23(33-24(21)37)26(39)36-11-10-35(16-27(36,4)5)25(38)20-13-28(40,14-20)29(30,31)32;1-15(2)18-10-21(16-5-6-19(29)20(30)9-16)35-38-13-22(34-23(18)38)25(40)37-8-7-36(14-26(37,3)4)24(39)17-11-27(41,12-17)28(31,32)33;1-17(2)20-13-23(19-6-7-21(29)18(3)12-19)33-36-14-24(32-25(20)36)27(38)35-11-10-34(15-28(35,4)5)26(37)22-8-9-30-16-31-22/h6-9,12,15,17,20,40H,10-11,13-14,16H2,1-5H3;5-6,9-10,13,15,17,41H,7-8,11-12,14H2,1-4H3;6-9,12-14,16-17H,10-11,15H2,1-5H3. The first-order valence-corrected chi connectivity index (χ1v) is 39.3. The number of aliphatic hydroxyl groups is 2. The van der Waals surface area contributed by atoms with Crippen molar-refractivity contribution in [2.45, 2.75) is 181 Å². The van der Waals surface area contributed by atoms with Crippen molar-refractivity contribution in [3.8, 4) is 33.8 Å². The molecule has 630 valence electrons. The van der Waals surface area contributed by atoms with Gasteiger partial charge >= 0.3 is 12.4 Å². The summed E-state index contributed by atoms with van der Waals surface area (Å²) in [5.41, 5.74) is 2.94. The molecule has 25 nitrogen and oxygen atoms in total. The van der Waals surface area contributed by atoms with Gasteiger partial charge in [0.25, 0.3) is 23.6 Å². The fourth-order valence-corrected chi connectivity index (χ4v) is 16.2. The fraction of sp³-hybridized carbons (Fsp3) is 0.459. The Morgan fingerprint density at radius 3 is 1.13 bits per heavy atom. The maximum absolute atomic E-state index is 13.9. The Balaban J connectivity index is 0.000000155. The summed E-state index contributed by atoms with van der Waals surface area (Å²) in [4.78, 5) is 111. The lowest BCUT2D eigenvalue weighted by Crippen LogP contribution is -2.65. The van der Waals surface area contributed by atoms with Crippen molar-refractivity contribution in [3.05, 3.63) is 184 Å². The lowest BCUT2D eigenvalue weighted by atomic mass is 9.69. The molecule has 3 aliphatic heterocycles. The van der Waals surface area contributed by atoms with Crippen molar-refractivity contribution in [1.29, 1.82) is 0 Å². The maximum atomic E-state index is 13.9. The molecular formula is C85H94F9N17O8. The van der Waals surface area contributed by atoms with E-state index in [1.54, 1.807) is 86.1 Å². The lowest BCUT2D eigenvalue weighted by Gasteiger charge is -2.50. The molecule has 15 rings (SSSR count). The topological polar surface area (TPSA) is 279 Å². The Hall–Kier alpha value is -11.3. The van der Waals surface area contributed by atoms with Gasteiger partial charge in [-0.2, -0.15) is 41.6 Å². The predicted octanol–water partition coefficient (Wildman–Crippen LogP) is 13.3. The number of rotatable bonds is 12. The third-order valence-corrected chi connectivity index (χ3v) is 23.1. The SMILES string of the molecule is CC(C)c1cc(-c2ccc(F)c(F)c2)nn2cc(C(=O)N3CCN(C(=O)C4CC(O)(C(F)(F)F)C4)CC3(C)C)nc12.Cc1cc(-c2cc(C(C)C)c3nc(C(=O)N4CCN(C(=O)c5ccncn5)CC4(C)C)cn3n2)ccc1F.Cc1ccc(-c2cc(C(C)C)c3nc(C(=O)N4CCN(C(=O)C5CC(O)(C(F)(F)F)C5)CC4(C)C)cn3n2)cc1. The number of carbonyl (C=O) groups is 6. The zero-order chi connectivity index (χ0) is 86.5. The van der Waals surface area contributed by atoms with Crippen molar-refractivity contribution < 1.29 is 78.5 Å². The van der Waals surface area contributed by atoms with E-state index in [9.17, 15) is 78.5 Å². The number of amides is 6. The van der Waals surface area contributed by atoms with E-state index in [-0.39, 0.29) is 97.6 Å². The van der Waals surface area contributed by atoms with Crippen molar-refractivity contribution in [2.24, 2.45) is 11.8 Å². The molecule has 3 saturated heterocycles. The number of benzene rings is 3. The molecule has 0 atom stereocenters. The van der Waals surface area contributed by atoms with Gasteiger partial charge in [-0.3, -0.25) is 28.8 Å². The number of aromatic nitrogens is 11. The van der Waals surface area contributed by atoms with Gasteiger partial charge in [-0.1, -0.05) is 71.4 Å². The van der Waals surface area contributed by atoms with Crippen molar-refractivity contribution in [3.63, 3.8) is 0 Å². The van der Waals surface area contributed by atoms with Crippen LogP contribution in [0.3, 0.4) is 0 Å². The normalized spacial score (nSPS) is 20.5. The summed E-state index contributed by atoms with van der Waals surface area (Å²) >= 11 is 0. The van der Waals surface area contributed by atoms with Crippen LogP contribution in [0, 0.1) is 43.1 Å². The van der Waals surface area contributed by atoms with Crippen LogP contribution in [0.5, 0.6) is 0 Å². The predicted molar refractivity (Wildman–Crippen MR) is 421 cm³/mol. The number of imidazole rings is 3. The molecule has 34 heteroatoms. The highest BCUT2D eigenvalue weighted by molar-refractivity contribution is 5.96. The van der Waals surface area contributed by atoms with Crippen molar-refractivity contribution >= 4 is 52.4 Å². The minimum absolute atomic E-state index is 0.0394. The van der Waals surface area contributed by atoms with Crippen LogP contribution in [-0.4, -0.2) is 228 Å². The second kappa shape index (κ2) is 31.8. The van der Waals surface area contributed by atoms with E-state index >= 15 is 0 Å². The summed E-state index contributed by atoms with van der Waals surface area (Å²) in [5, 5.41) is 33.4. The van der Waals surface area contributed by atoms with Gasteiger partial charge in [-0.15, -0.1) is 0 Å². The average molecular weight is 1650 g/mol. The van der Waals surface area contributed by atoms with Crippen LogP contribution in [0.15, 0.2) is 116 Å². The minimum Gasteiger partial charge on any atom is -0.380 e. The first kappa shape index (κ1) is 85.6. The third kappa shape index (κ3) is 17.0. The quantitative estimate of drug-likeness (QED) is 0.108. The summed E-state index contributed by atoms with van der Waals surface area (Å²) in [5.74, 6) is -5.86. The largest absolute Gasteiger partial charge is 0.417 e. The van der Waals surface area contributed by atoms with E-state index in [4.69, 9.17) is 15.2 Å². The van der Waals surface area contributed by atoms with Gasteiger partial charge in [0.15, 0.2) is 39.8 Å². The number of halogens is 9. The summed E-state index contributed by atoms with van der Waals surface area (Å²) in [6, 6.07) is 23.7. The zero-order valence-corrected chi connectivity index (χ0v) is 68.4. The van der Waals surface area contributed by atoms with Crippen LogP contribution >= 0.6 is 0 Å². The Labute approximate surface area is 680 Å². The minimum atomic E-state index is -4.79. The van der Waals surface area contributed by atoms with Crippen LogP contribution in [0.4, 0.5) is 39.5 Å². The van der Waals surface area contributed by atoms with Crippen LogP contribution in [0.2, 0.25) is 0 Å². The third-order valence-electron chi connectivity index (χ3n) is 23.1. The van der Waals surface area contributed by atoms with Crippen LogP contribution in [0.25, 0.3) is 50.7 Å². The zero-order valence-electron chi connectivity index (χ0n) is 68.4. The summed E-state index contributed by atoms with van der Waals surface area (Å²) < 4.78 is 124. The van der Waals surface area contributed by atoms with E-state index in [1.165, 1.54) is 45.2 Å². The monoisotopic (exact) mass is 1650 g/mol. The summed E-state index contributed by atoms with van der Waals surface area (Å²) in [6.07, 6.45) is -4.53. The lowest BCUT2D eigenvalue weighted by molar-refractivity contribution is -0.297. The van der Waals surface area contributed by atoms with Crippen LogP contribution in [-0.2, 0) is 9.59 Å². The molecular weight excluding hydrogens is 1560 g/mol. The van der Waals surface area contributed by atoms with Crippen molar-refractivity contribution in [2.75, 3.05) is 58.9 Å². The Morgan fingerprint density at radius 1 is 0.429 bits per heavy atom. The molecule has 2 aliphatic carbocycles. The number of nitrogens with zero attached hydrogens (tertiary/aromatic N) is 17. The van der Waals surface area contributed by atoms with Gasteiger partial charge in [-0.05, 0) is 165 Å². The molecule has 119 heavy (non-hydrogen) atoms. The Morgan fingerprint density at radius 2 is 0.782 bits per heavy atom. The van der Waals surface area contributed by atoms with Gasteiger partial charge in [0.2, 0.25) is 11.8 Å². The smallest absolute Gasteiger partial charge is 0.380 e. The molecule has 0 spiro atoms. The second-order valence-electron chi connectivity index (χ2n) is 34.5. The average Bonchev–Trinajstić information content (AvgIpc) is 1.62. The number of alkyl halides is 6. The molecule has 2 saturated carbocycles. The number of hydrogen-bond acceptors (Lipinski definition) is 16. The number of piperazine rings is 3. The van der Waals surface area contributed by atoms with E-state index in [0.717, 1.165) is 51.2 Å². The highest BCUT2D eigenvalue weighted by atomic mass is 19.4. The number of fused-ring (bicyclic) bond motifs is 3. The molecule has 0 bridgehead atoms. The van der Waals surface area contributed by atoms with Gasteiger partial charge in [-0.25, -0.2) is 51.6 Å². The maximum Gasteiger partial charge on any atom is 0.417 e. The van der Waals surface area contributed by atoms with Gasteiger partial charge < -0.3 is 39.6 Å². The molecule has 3 aromatic carbocycles. The highest BCUT2D eigenvalue weighted by Crippen LogP contribution is 2.51. The second-order valence-corrected chi connectivity index (χ2v) is 34.5. The Bertz CT molecular complexity index is 5590. The van der Waals surface area contributed by atoms with Gasteiger partial charge in [0.1, 0.15) is 34.9 Å². The van der Waals surface area contributed by atoms with E-state index in [1.807, 2.05) is 84.9 Å². The molecule has 0 unspecified atom stereocenters. The van der Waals surface area contributed by atoms with Crippen LogP contribution < -0.4 is 0 Å². The molecule has 2 N–H and O–H groups in total. The molecule has 0 radical (unpaired) electrons. The molecule has 10 heterocycles. The van der Waals surface area contributed by atoms with Crippen molar-refractivity contribution in [1.82, 2.24) is 83.2 Å². The highest BCUT2D eigenvalue weighted by Gasteiger charge is 2.65. The van der Waals surface area contributed by atoms with Gasteiger partial charge in [0.05, 0.1) is 52.3 Å². The number of carbonyl (C=O) groups excluding carboxylic acids is 6. The molecule has 7 aromatic heterocycles. The van der Waals surface area contributed by atoms with Gasteiger partial charge in [0, 0.05) is 110 Å². The molecule has 5 fully saturated rings. The Kier molecular flexibility index (Phi) is 22.9. The molecule has 6 amide bonds. The molecule has 5 aliphatic rings. The number of aryl methyl sites for hydroxylation is 2.